The Bertz CT molecular complexity index is 756. The summed E-state index contributed by atoms with van der Waals surface area (Å²) in [6.07, 6.45) is 0.771. The molecule has 2 atom stereocenters. The van der Waals surface area contributed by atoms with Crippen LogP contribution in [0, 0.1) is 11.3 Å². The SMILES string of the molecule is CC[C@](C#N)(c1ccccc1)[C@@H](CC(=O)OC(C)(C)C)c1ccccc1. The zero-order valence-corrected chi connectivity index (χ0v) is 16.0. The number of nitriles is 1. The van der Waals surface area contributed by atoms with Gasteiger partial charge in [-0.05, 0) is 38.3 Å². The van der Waals surface area contributed by atoms with Crippen molar-refractivity contribution in [2.45, 2.75) is 57.5 Å². The smallest absolute Gasteiger partial charge is 0.306 e. The van der Waals surface area contributed by atoms with Crippen molar-refractivity contribution in [3.63, 3.8) is 0 Å². The van der Waals surface area contributed by atoms with Crippen LogP contribution in [0.15, 0.2) is 60.7 Å². The molecular formula is C23H27NO2. The van der Waals surface area contributed by atoms with E-state index in [2.05, 4.69) is 6.07 Å². The Kier molecular flexibility index (Phi) is 6.21. The number of nitrogens with zero attached hydrogens (tertiary/aromatic N) is 1. The third kappa shape index (κ3) is 4.52. The molecule has 136 valence electrons. The highest BCUT2D eigenvalue weighted by atomic mass is 16.6. The lowest BCUT2D eigenvalue weighted by atomic mass is 9.65. The molecule has 0 amide bonds. The highest BCUT2D eigenvalue weighted by Gasteiger charge is 2.42. The molecule has 0 radical (unpaired) electrons. The number of carbonyl (C=O) groups excluding carboxylic acids is 1. The zero-order valence-electron chi connectivity index (χ0n) is 16.0. The van der Waals surface area contributed by atoms with E-state index in [4.69, 9.17) is 4.74 Å². The molecule has 0 spiro atoms. The third-order valence-corrected chi connectivity index (χ3v) is 4.63. The quantitative estimate of drug-likeness (QED) is 0.658. The molecule has 0 unspecified atom stereocenters. The molecule has 26 heavy (non-hydrogen) atoms. The molecule has 0 heterocycles. The molecule has 0 aliphatic rings. The van der Waals surface area contributed by atoms with Crippen molar-refractivity contribution < 1.29 is 9.53 Å². The zero-order chi connectivity index (χ0) is 19.2. The Balaban J connectivity index is 2.51. The minimum Gasteiger partial charge on any atom is -0.460 e. The number of hydrogen-bond acceptors (Lipinski definition) is 3. The molecule has 0 saturated heterocycles. The van der Waals surface area contributed by atoms with Gasteiger partial charge in [0.15, 0.2) is 0 Å². The van der Waals surface area contributed by atoms with E-state index in [0.29, 0.717) is 6.42 Å². The van der Waals surface area contributed by atoms with Gasteiger partial charge < -0.3 is 4.74 Å². The number of carbonyl (C=O) groups is 1. The molecule has 3 nitrogen and oxygen atoms in total. The fraction of sp³-hybridized carbons (Fsp3) is 0.391. The predicted octanol–water partition coefficient (Wildman–Crippen LogP) is 5.37. The summed E-state index contributed by atoms with van der Waals surface area (Å²) in [6, 6.07) is 22.1. The van der Waals surface area contributed by atoms with Gasteiger partial charge in [0.05, 0.1) is 17.9 Å². The van der Waals surface area contributed by atoms with E-state index in [1.54, 1.807) is 0 Å². The minimum absolute atomic E-state index is 0.164. The van der Waals surface area contributed by atoms with Crippen LogP contribution < -0.4 is 0 Å². The first kappa shape index (κ1) is 19.7. The Morgan fingerprint density at radius 1 is 1.04 bits per heavy atom. The van der Waals surface area contributed by atoms with Crippen molar-refractivity contribution in [3.8, 4) is 6.07 Å². The lowest BCUT2D eigenvalue weighted by Gasteiger charge is -2.35. The van der Waals surface area contributed by atoms with Gasteiger partial charge in [0.2, 0.25) is 0 Å². The largest absolute Gasteiger partial charge is 0.460 e. The first-order chi connectivity index (χ1) is 12.3. The normalized spacial score (nSPS) is 14.7. The molecule has 2 aromatic rings. The van der Waals surface area contributed by atoms with Crippen molar-refractivity contribution in [1.29, 1.82) is 5.26 Å². The summed E-state index contributed by atoms with van der Waals surface area (Å²) in [5.41, 5.74) is 0.569. The van der Waals surface area contributed by atoms with Crippen molar-refractivity contribution >= 4 is 5.97 Å². The summed E-state index contributed by atoms with van der Waals surface area (Å²) in [5, 5.41) is 10.2. The van der Waals surface area contributed by atoms with Crippen LogP contribution in [0.4, 0.5) is 0 Å². The fourth-order valence-corrected chi connectivity index (χ4v) is 3.42. The van der Waals surface area contributed by atoms with Crippen molar-refractivity contribution in [1.82, 2.24) is 0 Å². The molecule has 2 rings (SSSR count). The van der Waals surface area contributed by atoms with Crippen molar-refractivity contribution in [2.75, 3.05) is 0 Å². The van der Waals surface area contributed by atoms with Crippen LogP contribution in [-0.2, 0) is 14.9 Å². The van der Waals surface area contributed by atoms with E-state index >= 15 is 0 Å². The van der Waals surface area contributed by atoms with Crippen molar-refractivity contribution in [3.05, 3.63) is 71.8 Å². The maximum Gasteiger partial charge on any atom is 0.306 e. The maximum absolute atomic E-state index is 12.6. The average Bonchev–Trinajstić information content (AvgIpc) is 2.62. The summed E-state index contributed by atoms with van der Waals surface area (Å²) < 4.78 is 5.56. The lowest BCUT2D eigenvalue weighted by molar-refractivity contribution is -0.155. The van der Waals surface area contributed by atoms with Gasteiger partial charge >= 0.3 is 5.97 Å². The number of rotatable bonds is 6. The summed E-state index contributed by atoms with van der Waals surface area (Å²) in [5.74, 6) is -0.564. The molecule has 0 aliphatic carbocycles. The fourth-order valence-electron chi connectivity index (χ4n) is 3.42. The second-order valence-corrected chi connectivity index (χ2v) is 7.56. The molecular weight excluding hydrogens is 322 g/mol. The molecule has 0 saturated carbocycles. The number of ether oxygens (including phenoxy) is 1. The average molecular weight is 349 g/mol. The third-order valence-electron chi connectivity index (χ3n) is 4.63. The van der Waals surface area contributed by atoms with Crippen LogP contribution in [0.2, 0.25) is 0 Å². The van der Waals surface area contributed by atoms with E-state index in [0.717, 1.165) is 11.1 Å². The Hall–Kier alpha value is -2.60. The van der Waals surface area contributed by atoms with Crippen LogP contribution in [0.5, 0.6) is 0 Å². The molecule has 3 heteroatoms. The van der Waals surface area contributed by atoms with Crippen LogP contribution >= 0.6 is 0 Å². The van der Waals surface area contributed by atoms with Gasteiger partial charge in [-0.2, -0.15) is 5.26 Å². The van der Waals surface area contributed by atoms with Gasteiger partial charge in [0.1, 0.15) is 5.60 Å². The van der Waals surface area contributed by atoms with E-state index in [-0.39, 0.29) is 18.3 Å². The van der Waals surface area contributed by atoms with E-state index in [1.165, 1.54) is 0 Å². The Labute approximate surface area is 156 Å². The molecule has 0 aromatic heterocycles. The molecule has 2 aromatic carbocycles. The first-order valence-corrected chi connectivity index (χ1v) is 9.06. The number of benzene rings is 2. The monoisotopic (exact) mass is 349 g/mol. The van der Waals surface area contributed by atoms with E-state index in [9.17, 15) is 10.1 Å². The Morgan fingerprint density at radius 2 is 1.58 bits per heavy atom. The van der Waals surface area contributed by atoms with Gasteiger partial charge in [-0.15, -0.1) is 0 Å². The van der Waals surface area contributed by atoms with Gasteiger partial charge in [0, 0.05) is 5.92 Å². The molecule has 0 aliphatic heterocycles. The lowest BCUT2D eigenvalue weighted by Crippen LogP contribution is -2.35. The Morgan fingerprint density at radius 3 is 2.04 bits per heavy atom. The van der Waals surface area contributed by atoms with E-state index < -0.39 is 11.0 Å². The summed E-state index contributed by atoms with van der Waals surface area (Å²) >= 11 is 0. The predicted molar refractivity (Wildman–Crippen MR) is 104 cm³/mol. The summed E-state index contributed by atoms with van der Waals surface area (Å²) in [4.78, 5) is 12.6. The molecule has 0 bridgehead atoms. The van der Waals surface area contributed by atoms with Gasteiger partial charge in [0.25, 0.3) is 0 Å². The minimum atomic E-state index is -0.792. The second-order valence-electron chi connectivity index (χ2n) is 7.56. The van der Waals surface area contributed by atoms with Crippen LogP contribution in [0.3, 0.4) is 0 Å². The van der Waals surface area contributed by atoms with Crippen LogP contribution in [-0.4, -0.2) is 11.6 Å². The van der Waals surface area contributed by atoms with E-state index in [1.807, 2.05) is 88.4 Å². The second kappa shape index (κ2) is 8.19. The van der Waals surface area contributed by atoms with Gasteiger partial charge in [-0.3, -0.25) is 4.79 Å². The highest BCUT2D eigenvalue weighted by molar-refractivity contribution is 5.72. The van der Waals surface area contributed by atoms with Crippen molar-refractivity contribution in [2.24, 2.45) is 0 Å². The summed E-state index contributed by atoms with van der Waals surface area (Å²) in [6.45, 7) is 7.58. The highest BCUT2D eigenvalue weighted by Crippen LogP contribution is 2.44. The standard InChI is InChI=1S/C23H27NO2/c1-5-23(17-24,19-14-10-7-11-15-19)20(18-12-8-6-9-13-18)16-21(25)26-22(2,3)4/h6-15,20H,5,16H2,1-4H3/t20-,23-/m0/s1. The summed E-state index contributed by atoms with van der Waals surface area (Å²) in [7, 11) is 0. The maximum atomic E-state index is 12.6. The first-order valence-electron chi connectivity index (χ1n) is 9.06. The number of hydrogen-bond donors (Lipinski definition) is 0. The molecule has 0 N–H and O–H groups in total. The van der Waals surface area contributed by atoms with Gasteiger partial charge in [-0.25, -0.2) is 0 Å². The molecule has 0 fully saturated rings. The van der Waals surface area contributed by atoms with Gasteiger partial charge in [-0.1, -0.05) is 67.6 Å². The topological polar surface area (TPSA) is 50.1 Å². The van der Waals surface area contributed by atoms with Crippen LogP contribution in [0.1, 0.15) is 57.6 Å². The van der Waals surface area contributed by atoms with Crippen LogP contribution in [0.25, 0.3) is 0 Å². The number of esters is 1.